The van der Waals surface area contributed by atoms with Crippen molar-refractivity contribution in [3.05, 3.63) is 53.1 Å². The summed E-state index contributed by atoms with van der Waals surface area (Å²) in [5.41, 5.74) is 3.27. The average Bonchev–Trinajstić information content (AvgIpc) is 3.03. The van der Waals surface area contributed by atoms with Gasteiger partial charge in [0.15, 0.2) is 5.82 Å². The summed E-state index contributed by atoms with van der Waals surface area (Å²) in [7, 11) is 1.46. The van der Waals surface area contributed by atoms with Gasteiger partial charge in [-0.2, -0.15) is 4.98 Å². The third-order valence-electron chi connectivity index (χ3n) is 3.96. The molecule has 9 heteroatoms. The molecule has 2 aromatic heterocycles. The predicted molar refractivity (Wildman–Crippen MR) is 103 cm³/mol. The third-order valence-corrected chi connectivity index (χ3v) is 3.96. The molecule has 3 rings (SSSR count). The molecule has 28 heavy (non-hydrogen) atoms. The molecule has 0 spiro atoms. The zero-order valence-corrected chi connectivity index (χ0v) is 16.0. The maximum absolute atomic E-state index is 12.3. The summed E-state index contributed by atoms with van der Waals surface area (Å²) in [6.07, 6.45) is 0.0616. The van der Waals surface area contributed by atoms with Crippen LogP contribution in [-0.4, -0.2) is 45.1 Å². The lowest BCUT2D eigenvalue weighted by Crippen LogP contribution is -2.25. The molecule has 2 heterocycles. The fraction of sp³-hybridized carbons (Fsp3) is 0.316. The van der Waals surface area contributed by atoms with E-state index in [0.717, 1.165) is 17.0 Å². The van der Waals surface area contributed by atoms with E-state index in [1.54, 1.807) is 16.6 Å². The van der Waals surface area contributed by atoms with E-state index in [1.807, 2.05) is 32.0 Å². The number of ether oxygens (including phenoxy) is 1. The van der Waals surface area contributed by atoms with Crippen LogP contribution >= 0.6 is 0 Å². The zero-order chi connectivity index (χ0) is 20.1. The molecule has 0 atom stereocenters. The Hall–Kier alpha value is -3.33. The van der Waals surface area contributed by atoms with Gasteiger partial charge in [0.05, 0.1) is 6.42 Å². The molecule has 2 N–H and O–H groups in total. The Morgan fingerprint density at radius 2 is 1.96 bits per heavy atom. The average molecular weight is 382 g/mol. The number of carbonyl (C=O) groups excluding carboxylic acids is 2. The van der Waals surface area contributed by atoms with Gasteiger partial charge in [0.2, 0.25) is 11.8 Å². The maximum Gasteiger partial charge on any atom is 0.252 e. The van der Waals surface area contributed by atoms with Crippen molar-refractivity contribution < 1.29 is 14.3 Å². The number of nitrogens with one attached hydrogen (secondary N) is 2. The molecule has 0 aliphatic rings. The van der Waals surface area contributed by atoms with E-state index in [9.17, 15) is 9.59 Å². The number of rotatable bonds is 7. The highest BCUT2D eigenvalue weighted by Crippen LogP contribution is 2.11. The second-order valence-corrected chi connectivity index (χ2v) is 6.41. The number of hydrogen-bond acceptors (Lipinski definition) is 6. The van der Waals surface area contributed by atoms with E-state index in [4.69, 9.17) is 4.74 Å². The number of carbonyl (C=O) groups is 2. The highest BCUT2D eigenvalue weighted by Gasteiger charge is 2.12. The van der Waals surface area contributed by atoms with Gasteiger partial charge in [-0.1, -0.05) is 12.1 Å². The second-order valence-electron chi connectivity index (χ2n) is 6.41. The number of methoxy groups -OCH3 is 1. The third kappa shape index (κ3) is 4.89. The van der Waals surface area contributed by atoms with Crippen LogP contribution in [0.15, 0.2) is 30.3 Å². The lowest BCUT2D eigenvalue weighted by molar-refractivity contribution is -0.121. The normalized spacial score (nSPS) is 10.8. The van der Waals surface area contributed by atoms with Gasteiger partial charge in [-0.25, -0.2) is 9.50 Å². The second kappa shape index (κ2) is 8.57. The molecular weight excluding hydrogens is 360 g/mol. The first-order valence-electron chi connectivity index (χ1n) is 8.79. The standard InChI is InChI=1S/C19H22N6O3/c1-12-7-13(2)25-19(21-12)23-16(24-25)9-17(26)20-10-14-5-4-6-15(8-14)22-18(27)11-28-3/h4-8H,9-11H2,1-3H3,(H,20,26)(H,22,27). The number of fused-ring (bicyclic) bond motifs is 1. The van der Waals surface area contributed by atoms with Crippen molar-refractivity contribution >= 4 is 23.3 Å². The Kier molecular flexibility index (Phi) is 5.95. The fourth-order valence-electron chi connectivity index (χ4n) is 2.78. The molecular formula is C19H22N6O3. The van der Waals surface area contributed by atoms with Gasteiger partial charge < -0.3 is 15.4 Å². The van der Waals surface area contributed by atoms with Crippen LogP contribution in [0.3, 0.4) is 0 Å². The molecule has 3 aromatic rings. The minimum atomic E-state index is -0.235. The molecule has 1 aromatic carbocycles. The maximum atomic E-state index is 12.3. The Morgan fingerprint density at radius 3 is 2.75 bits per heavy atom. The van der Waals surface area contributed by atoms with E-state index in [1.165, 1.54) is 7.11 Å². The lowest BCUT2D eigenvalue weighted by atomic mass is 10.2. The van der Waals surface area contributed by atoms with Gasteiger partial charge >= 0.3 is 0 Å². The minimum absolute atomic E-state index is 0.0131. The van der Waals surface area contributed by atoms with Gasteiger partial charge in [0.25, 0.3) is 5.78 Å². The van der Waals surface area contributed by atoms with E-state index >= 15 is 0 Å². The number of aryl methyl sites for hydroxylation is 2. The van der Waals surface area contributed by atoms with Crippen LogP contribution in [0.5, 0.6) is 0 Å². The van der Waals surface area contributed by atoms with Gasteiger partial charge in [0, 0.05) is 30.7 Å². The zero-order valence-electron chi connectivity index (χ0n) is 16.0. The first-order chi connectivity index (χ1) is 13.4. The van der Waals surface area contributed by atoms with Crippen LogP contribution < -0.4 is 10.6 Å². The first kappa shape index (κ1) is 19.4. The van der Waals surface area contributed by atoms with E-state index < -0.39 is 0 Å². The molecule has 0 unspecified atom stereocenters. The number of aromatic nitrogens is 4. The van der Waals surface area contributed by atoms with Gasteiger partial charge in [-0.15, -0.1) is 5.10 Å². The summed E-state index contributed by atoms with van der Waals surface area (Å²) in [5, 5.41) is 9.90. The van der Waals surface area contributed by atoms with Crippen LogP contribution in [-0.2, 0) is 27.3 Å². The Labute approximate surface area is 162 Å². The number of anilines is 1. The van der Waals surface area contributed by atoms with Crippen LogP contribution in [0.2, 0.25) is 0 Å². The van der Waals surface area contributed by atoms with Crippen LogP contribution in [0.4, 0.5) is 5.69 Å². The smallest absolute Gasteiger partial charge is 0.252 e. The summed E-state index contributed by atoms with van der Waals surface area (Å²) in [6, 6.07) is 9.16. The van der Waals surface area contributed by atoms with Crippen molar-refractivity contribution in [1.29, 1.82) is 0 Å². The highest BCUT2D eigenvalue weighted by atomic mass is 16.5. The summed E-state index contributed by atoms with van der Waals surface area (Å²) in [5.74, 6) is 0.471. The number of amides is 2. The van der Waals surface area contributed by atoms with Crippen LogP contribution in [0.1, 0.15) is 22.8 Å². The molecule has 0 bridgehead atoms. The molecule has 146 valence electrons. The molecule has 0 fully saturated rings. The van der Waals surface area contributed by atoms with E-state index in [-0.39, 0.29) is 24.8 Å². The molecule has 0 aliphatic carbocycles. The topological polar surface area (TPSA) is 111 Å². The lowest BCUT2D eigenvalue weighted by Gasteiger charge is -2.08. The van der Waals surface area contributed by atoms with Gasteiger partial charge in [-0.3, -0.25) is 9.59 Å². The van der Waals surface area contributed by atoms with Crippen LogP contribution in [0, 0.1) is 13.8 Å². The van der Waals surface area contributed by atoms with Crippen molar-refractivity contribution in [2.75, 3.05) is 19.0 Å². The first-order valence-corrected chi connectivity index (χ1v) is 8.79. The summed E-state index contributed by atoms with van der Waals surface area (Å²) >= 11 is 0. The predicted octanol–water partition coefficient (Wildman–Crippen LogP) is 1.18. The highest BCUT2D eigenvalue weighted by molar-refractivity contribution is 5.91. The minimum Gasteiger partial charge on any atom is -0.375 e. The summed E-state index contributed by atoms with van der Waals surface area (Å²) in [4.78, 5) is 32.5. The van der Waals surface area contributed by atoms with Crippen molar-refractivity contribution in [2.24, 2.45) is 0 Å². The van der Waals surface area contributed by atoms with E-state index in [0.29, 0.717) is 23.8 Å². The van der Waals surface area contributed by atoms with Gasteiger partial charge in [0.1, 0.15) is 6.61 Å². The SMILES string of the molecule is COCC(=O)Nc1cccc(CNC(=O)Cc2nc3nc(C)cc(C)n3n2)c1. The molecule has 9 nitrogen and oxygen atoms in total. The number of hydrogen-bond donors (Lipinski definition) is 2. The number of nitrogens with zero attached hydrogens (tertiary/aromatic N) is 4. The Balaban J connectivity index is 1.59. The van der Waals surface area contributed by atoms with Crippen molar-refractivity contribution in [1.82, 2.24) is 24.9 Å². The molecule has 0 radical (unpaired) electrons. The fourth-order valence-corrected chi connectivity index (χ4v) is 2.78. The van der Waals surface area contributed by atoms with E-state index in [2.05, 4.69) is 25.7 Å². The Bertz CT molecular complexity index is 1010. The largest absolute Gasteiger partial charge is 0.375 e. The summed E-state index contributed by atoms with van der Waals surface area (Å²) in [6.45, 7) is 4.12. The van der Waals surface area contributed by atoms with Crippen molar-refractivity contribution in [3.63, 3.8) is 0 Å². The molecule has 2 amide bonds. The molecule has 0 aliphatic heterocycles. The van der Waals surface area contributed by atoms with Crippen LogP contribution in [0.25, 0.3) is 5.78 Å². The quantitative estimate of drug-likeness (QED) is 0.635. The molecule has 0 saturated carbocycles. The monoisotopic (exact) mass is 382 g/mol. The Morgan fingerprint density at radius 1 is 1.14 bits per heavy atom. The summed E-state index contributed by atoms with van der Waals surface area (Å²) < 4.78 is 6.42. The molecule has 0 saturated heterocycles. The van der Waals surface area contributed by atoms with Gasteiger partial charge in [-0.05, 0) is 37.6 Å². The van der Waals surface area contributed by atoms with Crippen molar-refractivity contribution in [2.45, 2.75) is 26.8 Å². The number of benzene rings is 1. The van der Waals surface area contributed by atoms with Crippen molar-refractivity contribution in [3.8, 4) is 0 Å².